The van der Waals surface area contributed by atoms with Gasteiger partial charge < -0.3 is 4.74 Å². The molecule has 1 heterocycles. The van der Waals surface area contributed by atoms with E-state index in [0.29, 0.717) is 16.7 Å². The van der Waals surface area contributed by atoms with Gasteiger partial charge in [0, 0.05) is 6.42 Å². The van der Waals surface area contributed by atoms with E-state index in [2.05, 4.69) is 5.43 Å². The normalized spacial score (nSPS) is 16.8. The third-order valence-corrected chi connectivity index (χ3v) is 3.31. The molecule has 0 amide bonds. The maximum Gasteiger partial charge on any atom is 0.115 e. The largest absolute Gasteiger partial charge is 0.496 e. The maximum absolute atomic E-state index is 6.13. The van der Waals surface area contributed by atoms with Gasteiger partial charge in [-0.1, -0.05) is 35.3 Å². The molecule has 0 spiro atoms. The van der Waals surface area contributed by atoms with Crippen LogP contribution in [-0.2, 0) is 4.74 Å². The molecule has 0 bridgehead atoms. The van der Waals surface area contributed by atoms with E-state index in [1.807, 2.05) is 18.2 Å². The first-order valence-electron chi connectivity index (χ1n) is 4.97. The summed E-state index contributed by atoms with van der Waals surface area (Å²) in [7, 11) is 0. The van der Waals surface area contributed by atoms with Crippen LogP contribution in [0.2, 0.25) is 10.0 Å². The van der Waals surface area contributed by atoms with Crippen molar-refractivity contribution in [1.29, 1.82) is 0 Å². The lowest BCUT2D eigenvalue weighted by molar-refractivity contribution is 0.216. The van der Waals surface area contributed by atoms with Gasteiger partial charge >= 0.3 is 0 Å². The number of benzene rings is 1. The van der Waals surface area contributed by atoms with Crippen LogP contribution in [0.4, 0.5) is 0 Å². The zero-order chi connectivity index (χ0) is 11.5. The van der Waals surface area contributed by atoms with Crippen LogP contribution in [0.1, 0.15) is 18.0 Å². The zero-order valence-electron chi connectivity index (χ0n) is 8.54. The number of nitrogens with one attached hydrogen (secondary N) is 1. The summed E-state index contributed by atoms with van der Waals surface area (Å²) >= 11 is 12.1. The molecule has 0 radical (unpaired) electrons. The zero-order valence-corrected chi connectivity index (χ0v) is 10.1. The fourth-order valence-electron chi connectivity index (χ4n) is 1.71. The highest BCUT2D eigenvalue weighted by Crippen LogP contribution is 2.34. The summed E-state index contributed by atoms with van der Waals surface area (Å²) in [5, 5.41) is 1.02. The number of hydrazine groups is 1. The maximum atomic E-state index is 6.13. The van der Waals surface area contributed by atoms with Crippen molar-refractivity contribution in [3.63, 3.8) is 0 Å². The Balaban J connectivity index is 2.36. The molecule has 1 aliphatic rings. The van der Waals surface area contributed by atoms with E-state index in [0.717, 1.165) is 17.7 Å². The van der Waals surface area contributed by atoms with Crippen LogP contribution in [0, 0.1) is 0 Å². The lowest BCUT2D eigenvalue weighted by atomic mass is 10.1. The van der Waals surface area contributed by atoms with Crippen LogP contribution in [0.25, 0.3) is 0 Å². The van der Waals surface area contributed by atoms with Crippen molar-refractivity contribution in [2.75, 3.05) is 6.61 Å². The predicted molar refractivity (Wildman–Crippen MR) is 65.2 cm³/mol. The predicted octanol–water partition coefficient (Wildman–Crippen LogP) is 2.80. The highest BCUT2D eigenvalue weighted by molar-refractivity contribution is 6.42. The Bertz CT molecular complexity index is 420. The third kappa shape index (κ3) is 2.18. The fraction of sp³-hybridized carbons (Fsp3) is 0.273. The molecule has 1 aliphatic heterocycles. The highest BCUT2D eigenvalue weighted by atomic mass is 35.5. The molecule has 1 aromatic carbocycles. The minimum absolute atomic E-state index is 0.242. The Labute approximate surface area is 104 Å². The van der Waals surface area contributed by atoms with Crippen molar-refractivity contribution in [3.05, 3.63) is 45.6 Å². The smallest absolute Gasteiger partial charge is 0.115 e. The topological polar surface area (TPSA) is 47.3 Å². The van der Waals surface area contributed by atoms with Crippen LogP contribution >= 0.6 is 23.2 Å². The van der Waals surface area contributed by atoms with E-state index in [1.54, 1.807) is 6.07 Å². The highest BCUT2D eigenvalue weighted by Gasteiger charge is 2.22. The molecule has 0 aromatic heterocycles. The van der Waals surface area contributed by atoms with Gasteiger partial charge in [-0.05, 0) is 17.7 Å². The van der Waals surface area contributed by atoms with E-state index in [1.165, 1.54) is 0 Å². The molecule has 0 fully saturated rings. The first-order valence-corrected chi connectivity index (χ1v) is 5.72. The monoisotopic (exact) mass is 258 g/mol. The molecule has 3 nitrogen and oxygen atoms in total. The molecule has 3 N–H and O–H groups in total. The average Bonchev–Trinajstić information content (AvgIpc) is 2.79. The van der Waals surface area contributed by atoms with E-state index >= 15 is 0 Å². The summed E-state index contributed by atoms with van der Waals surface area (Å²) in [5.41, 5.74) is 3.52. The van der Waals surface area contributed by atoms with Crippen molar-refractivity contribution in [2.24, 2.45) is 5.84 Å². The summed E-state index contributed by atoms with van der Waals surface area (Å²) in [6.45, 7) is 0.686. The molecule has 16 heavy (non-hydrogen) atoms. The van der Waals surface area contributed by atoms with Gasteiger partial charge in [0.1, 0.15) is 11.8 Å². The minimum atomic E-state index is -0.242. The van der Waals surface area contributed by atoms with Gasteiger partial charge in [0.05, 0.1) is 16.7 Å². The van der Waals surface area contributed by atoms with E-state index in [-0.39, 0.29) is 6.04 Å². The quantitative estimate of drug-likeness (QED) is 0.648. The summed E-state index contributed by atoms with van der Waals surface area (Å²) in [6, 6.07) is 5.21. The van der Waals surface area contributed by atoms with E-state index in [4.69, 9.17) is 33.8 Å². The third-order valence-electron chi connectivity index (χ3n) is 2.48. The number of nitrogens with two attached hydrogens (primary N) is 1. The molecule has 1 atom stereocenters. The minimum Gasteiger partial charge on any atom is -0.496 e. The van der Waals surface area contributed by atoms with Crippen LogP contribution in [0.15, 0.2) is 30.0 Å². The number of hydrogen-bond acceptors (Lipinski definition) is 3. The van der Waals surface area contributed by atoms with Crippen molar-refractivity contribution < 1.29 is 4.74 Å². The van der Waals surface area contributed by atoms with Crippen molar-refractivity contribution >= 4 is 23.2 Å². The second-order valence-corrected chi connectivity index (χ2v) is 4.27. The second kappa shape index (κ2) is 5.06. The molecular formula is C11H12Cl2N2O. The molecule has 0 saturated heterocycles. The molecule has 0 aliphatic carbocycles. The Morgan fingerprint density at radius 3 is 2.81 bits per heavy atom. The Morgan fingerprint density at radius 1 is 1.38 bits per heavy atom. The molecule has 86 valence electrons. The van der Waals surface area contributed by atoms with Crippen LogP contribution in [0.3, 0.4) is 0 Å². The van der Waals surface area contributed by atoms with Gasteiger partial charge in [0.25, 0.3) is 0 Å². The molecule has 1 aromatic rings. The lowest BCUT2D eigenvalue weighted by Crippen LogP contribution is -2.29. The van der Waals surface area contributed by atoms with Gasteiger partial charge in [-0.3, -0.25) is 5.84 Å². The van der Waals surface area contributed by atoms with E-state index < -0.39 is 0 Å². The summed E-state index contributed by atoms with van der Waals surface area (Å²) < 4.78 is 5.47. The molecule has 5 heteroatoms. The molecule has 0 saturated carbocycles. The molecular weight excluding hydrogens is 247 g/mol. The Morgan fingerprint density at radius 2 is 2.19 bits per heavy atom. The van der Waals surface area contributed by atoms with Gasteiger partial charge in [0.15, 0.2) is 0 Å². The second-order valence-electron chi connectivity index (χ2n) is 3.49. The van der Waals surface area contributed by atoms with Crippen molar-refractivity contribution in [1.82, 2.24) is 5.43 Å². The summed E-state index contributed by atoms with van der Waals surface area (Å²) in [4.78, 5) is 0. The molecule has 2 rings (SSSR count). The average molecular weight is 259 g/mol. The Kier molecular flexibility index (Phi) is 3.71. The fourth-order valence-corrected chi connectivity index (χ4v) is 2.12. The summed E-state index contributed by atoms with van der Waals surface area (Å²) in [6.07, 6.45) is 2.90. The van der Waals surface area contributed by atoms with Gasteiger partial charge in [-0.25, -0.2) is 5.43 Å². The van der Waals surface area contributed by atoms with Crippen LogP contribution in [0.5, 0.6) is 0 Å². The summed E-state index contributed by atoms with van der Waals surface area (Å²) in [5.74, 6) is 6.33. The lowest BCUT2D eigenvalue weighted by Gasteiger charge is -2.19. The Hall–Kier alpha value is -0.740. The number of ether oxygens (including phenoxy) is 1. The number of rotatable bonds is 3. The van der Waals surface area contributed by atoms with Crippen LogP contribution in [-0.4, -0.2) is 6.61 Å². The first-order chi connectivity index (χ1) is 7.74. The number of halogens is 2. The first kappa shape index (κ1) is 11.7. The van der Waals surface area contributed by atoms with Gasteiger partial charge in [-0.2, -0.15) is 0 Å². The number of hydrogen-bond donors (Lipinski definition) is 2. The van der Waals surface area contributed by atoms with E-state index in [9.17, 15) is 0 Å². The SMILES string of the molecule is NNC(C1=CCCO1)c1cccc(Cl)c1Cl. The van der Waals surface area contributed by atoms with Gasteiger partial charge in [-0.15, -0.1) is 0 Å². The standard InChI is InChI=1S/C11H12Cl2N2O/c12-8-4-1-3-7(10(8)13)11(15-14)9-5-2-6-16-9/h1,3-5,11,15H,2,6,14H2. The van der Waals surface area contributed by atoms with Gasteiger partial charge in [0.2, 0.25) is 0 Å². The van der Waals surface area contributed by atoms with Crippen molar-refractivity contribution in [3.8, 4) is 0 Å². The molecule has 1 unspecified atom stereocenters. The van der Waals surface area contributed by atoms with Crippen LogP contribution < -0.4 is 11.3 Å². The van der Waals surface area contributed by atoms with Crippen molar-refractivity contribution in [2.45, 2.75) is 12.5 Å².